The Hall–Kier alpha value is -2.53. The van der Waals surface area contributed by atoms with Gasteiger partial charge in [0.05, 0.1) is 0 Å². The minimum Gasteiger partial charge on any atom is -0.484 e. The topological polar surface area (TPSA) is 72.6 Å². The first-order valence-corrected chi connectivity index (χ1v) is 7.93. The van der Waals surface area contributed by atoms with Crippen molar-refractivity contribution >= 4 is 23.4 Å². The van der Waals surface area contributed by atoms with Crippen molar-refractivity contribution in [2.24, 2.45) is 5.73 Å². The number of amides is 2. The van der Waals surface area contributed by atoms with E-state index in [0.717, 1.165) is 5.56 Å². The Labute approximate surface area is 146 Å². The van der Waals surface area contributed by atoms with Crippen LogP contribution in [-0.2, 0) is 11.3 Å². The predicted molar refractivity (Wildman–Crippen MR) is 93.0 cm³/mol. The molecule has 2 N–H and O–H groups in total. The van der Waals surface area contributed by atoms with Gasteiger partial charge in [-0.15, -0.1) is 0 Å². The molecule has 2 amide bonds. The summed E-state index contributed by atoms with van der Waals surface area (Å²) in [6.45, 7) is 2.63. The van der Waals surface area contributed by atoms with Crippen molar-refractivity contribution in [1.82, 2.24) is 4.90 Å². The Morgan fingerprint density at radius 2 is 1.92 bits per heavy atom. The number of carbonyl (C=O) groups excluding carboxylic acids is 2. The van der Waals surface area contributed by atoms with Gasteiger partial charge in [-0.2, -0.15) is 0 Å². The van der Waals surface area contributed by atoms with Crippen LogP contribution in [0.4, 0.5) is 0 Å². The fraction of sp³-hybridized carbons (Fsp3) is 0.222. The highest BCUT2D eigenvalue weighted by Crippen LogP contribution is 2.20. The molecule has 24 heavy (non-hydrogen) atoms. The maximum Gasteiger partial charge on any atom is 0.255 e. The smallest absolute Gasteiger partial charge is 0.255 e. The molecule has 0 saturated carbocycles. The van der Waals surface area contributed by atoms with Crippen molar-refractivity contribution < 1.29 is 14.3 Å². The van der Waals surface area contributed by atoms with Crippen LogP contribution in [-0.4, -0.2) is 29.9 Å². The van der Waals surface area contributed by atoms with E-state index in [9.17, 15) is 9.59 Å². The fourth-order valence-corrected chi connectivity index (χ4v) is 2.41. The maximum atomic E-state index is 12.7. The number of rotatable bonds is 7. The van der Waals surface area contributed by atoms with Crippen LogP contribution in [0.2, 0.25) is 5.02 Å². The molecule has 0 aliphatic heterocycles. The van der Waals surface area contributed by atoms with E-state index < -0.39 is 5.91 Å². The van der Waals surface area contributed by atoms with Crippen molar-refractivity contribution in [3.63, 3.8) is 0 Å². The number of ether oxygens (including phenoxy) is 1. The van der Waals surface area contributed by atoms with Gasteiger partial charge in [0.2, 0.25) is 0 Å². The van der Waals surface area contributed by atoms with Gasteiger partial charge >= 0.3 is 0 Å². The number of hydrogen-bond acceptors (Lipinski definition) is 3. The highest BCUT2D eigenvalue weighted by atomic mass is 35.5. The van der Waals surface area contributed by atoms with Crippen LogP contribution in [0.3, 0.4) is 0 Å². The van der Waals surface area contributed by atoms with Crippen LogP contribution in [0.5, 0.6) is 5.75 Å². The number of halogens is 1. The number of nitrogens with zero attached hydrogens (tertiary/aromatic N) is 1. The van der Waals surface area contributed by atoms with Gasteiger partial charge < -0.3 is 15.4 Å². The summed E-state index contributed by atoms with van der Waals surface area (Å²) in [6.07, 6.45) is 0. The van der Waals surface area contributed by atoms with Gasteiger partial charge in [-0.25, -0.2) is 0 Å². The van der Waals surface area contributed by atoms with E-state index in [1.54, 1.807) is 35.2 Å². The summed E-state index contributed by atoms with van der Waals surface area (Å²) >= 11 is 6.17. The molecule has 2 aromatic carbocycles. The molecule has 0 atom stereocenters. The molecule has 126 valence electrons. The number of primary amides is 1. The largest absolute Gasteiger partial charge is 0.484 e. The minimum absolute atomic E-state index is 0.137. The van der Waals surface area contributed by atoms with Crippen LogP contribution in [0.1, 0.15) is 22.8 Å². The number of benzene rings is 2. The molecule has 6 heteroatoms. The van der Waals surface area contributed by atoms with E-state index in [4.69, 9.17) is 22.1 Å². The molecule has 0 heterocycles. The fourth-order valence-electron chi connectivity index (χ4n) is 2.22. The number of hydrogen-bond donors (Lipinski definition) is 1. The van der Waals surface area contributed by atoms with Crippen molar-refractivity contribution in [3.8, 4) is 5.75 Å². The molecule has 0 spiro atoms. The molecule has 5 nitrogen and oxygen atoms in total. The average molecular weight is 347 g/mol. The highest BCUT2D eigenvalue weighted by molar-refractivity contribution is 6.31. The SMILES string of the molecule is CCN(Cc1ccccc1Cl)C(=O)c1cccc(OCC(N)=O)c1. The van der Waals surface area contributed by atoms with Crippen LogP contribution in [0, 0.1) is 0 Å². The molecular formula is C18H19ClN2O3. The Kier molecular flexibility index (Phi) is 6.21. The summed E-state index contributed by atoms with van der Waals surface area (Å²) in [6, 6.07) is 14.1. The summed E-state index contributed by atoms with van der Waals surface area (Å²) < 4.78 is 5.24. The average Bonchev–Trinajstić information content (AvgIpc) is 2.59. The lowest BCUT2D eigenvalue weighted by Gasteiger charge is -2.22. The van der Waals surface area contributed by atoms with Crippen molar-refractivity contribution in [2.75, 3.05) is 13.2 Å². The zero-order chi connectivity index (χ0) is 17.5. The quantitative estimate of drug-likeness (QED) is 0.837. The first-order chi connectivity index (χ1) is 11.5. The third-order valence-electron chi connectivity index (χ3n) is 3.45. The van der Waals surface area contributed by atoms with Gasteiger partial charge in [0.15, 0.2) is 6.61 Å². The Balaban J connectivity index is 2.14. The second kappa shape index (κ2) is 8.36. The summed E-state index contributed by atoms with van der Waals surface area (Å²) in [4.78, 5) is 25.2. The first kappa shape index (κ1) is 17.8. The molecule has 0 bridgehead atoms. The summed E-state index contributed by atoms with van der Waals surface area (Å²) in [5, 5.41) is 0.627. The van der Waals surface area contributed by atoms with Gasteiger partial charge in [-0.3, -0.25) is 9.59 Å². The Morgan fingerprint density at radius 3 is 2.58 bits per heavy atom. The summed E-state index contributed by atoms with van der Waals surface area (Å²) in [7, 11) is 0. The predicted octanol–water partition coefficient (Wildman–Crippen LogP) is 2.87. The van der Waals surface area contributed by atoms with Crippen LogP contribution in [0.25, 0.3) is 0 Å². The van der Waals surface area contributed by atoms with Crippen molar-refractivity contribution in [3.05, 3.63) is 64.7 Å². The van der Waals surface area contributed by atoms with Crippen molar-refractivity contribution in [2.45, 2.75) is 13.5 Å². The van der Waals surface area contributed by atoms with E-state index in [2.05, 4.69) is 0 Å². The number of carbonyl (C=O) groups is 2. The summed E-state index contributed by atoms with van der Waals surface area (Å²) in [5.41, 5.74) is 6.42. The second-order valence-corrected chi connectivity index (χ2v) is 5.60. The number of nitrogens with two attached hydrogens (primary N) is 1. The van der Waals surface area contributed by atoms with Crippen molar-refractivity contribution in [1.29, 1.82) is 0 Å². The zero-order valence-corrected chi connectivity index (χ0v) is 14.1. The zero-order valence-electron chi connectivity index (χ0n) is 13.4. The van der Waals surface area contributed by atoms with E-state index in [1.165, 1.54) is 0 Å². The standard InChI is InChI=1S/C18H19ClN2O3/c1-2-21(11-14-6-3-4-9-16(14)19)18(23)13-7-5-8-15(10-13)24-12-17(20)22/h3-10H,2,11-12H2,1H3,(H2,20,22). The molecule has 0 aromatic heterocycles. The van der Waals surface area contributed by atoms with E-state index in [1.807, 2.05) is 25.1 Å². The molecule has 0 saturated heterocycles. The van der Waals surface area contributed by atoms with Gasteiger partial charge in [-0.05, 0) is 36.8 Å². The van der Waals surface area contributed by atoms with E-state index >= 15 is 0 Å². The summed E-state index contributed by atoms with van der Waals surface area (Å²) in [5.74, 6) is -0.281. The highest BCUT2D eigenvalue weighted by Gasteiger charge is 2.16. The van der Waals surface area contributed by atoms with Gasteiger partial charge in [-0.1, -0.05) is 35.9 Å². The lowest BCUT2D eigenvalue weighted by molar-refractivity contribution is -0.119. The first-order valence-electron chi connectivity index (χ1n) is 7.55. The van der Waals surface area contributed by atoms with Gasteiger partial charge in [0.25, 0.3) is 11.8 Å². The third kappa shape index (κ3) is 4.73. The minimum atomic E-state index is -0.569. The molecule has 0 unspecified atom stereocenters. The molecule has 0 radical (unpaired) electrons. The molecule has 0 aliphatic carbocycles. The van der Waals surface area contributed by atoms with E-state index in [0.29, 0.717) is 29.4 Å². The van der Waals surface area contributed by atoms with Gasteiger partial charge in [0, 0.05) is 23.7 Å². The van der Waals surface area contributed by atoms with Crippen LogP contribution < -0.4 is 10.5 Å². The Bertz CT molecular complexity index is 734. The Morgan fingerprint density at radius 1 is 1.17 bits per heavy atom. The second-order valence-electron chi connectivity index (χ2n) is 5.19. The normalized spacial score (nSPS) is 10.2. The van der Waals surface area contributed by atoms with E-state index in [-0.39, 0.29) is 12.5 Å². The lowest BCUT2D eigenvalue weighted by atomic mass is 10.1. The van der Waals surface area contributed by atoms with Crippen LogP contribution in [0.15, 0.2) is 48.5 Å². The monoisotopic (exact) mass is 346 g/mol. The lowest BCUT2D eigenvalue weighted by Crippen LogP contribution is -2.30. The third-order valence-corrected chi connectivity index (χ3v) is 3.82. The van der Waals surface area contributed by atoms with Gasteiger partial charge in [0.1, 0.15) is 5.75 Å². The molecule has 2 aromatic rings. The maximum absolute atomic E-state index is 12.7. The molecule has 2 rings (SSSR count). The molecular weight excluding hydrogens is 328 g/mol. The molecule has 0 fully saturated rings. The van der Waals surface area contributed by atoms with Crippen LogP contribution >= 0.6 is 11.6 Å². The molecule has 0 aliphatic rings.